The van der Waals surface area contributed by atoms with E-state index in [4.69, 9.17) is 0 Å². The van der Waals surface area contributed by atoms with E-state index in [0.717, 1.165) is 5.56 Å². The quantitative estimate of drug-likeness (QED) is 0.451. The standard InChI is InChI=1S/C18H17N3O3/c22-14-8-4-5-12(9-14)10-20-21-18(24)16-15(11-19-17(16)23)13-6-2-1-3-7-13/h1-10,15-16,22H,11H2,(H,19,23)(H,21,24)/b20-10+/t15-,16+/m1/s1. The van der Waals surface area contributed by atoms with Crippen LogP contribution < -0.4 is 10.7 Å². The summed E-state index contributed by atoms with van der Waals surface area (Å²) in [7, 11) is 0. The van der Waals surface area contributed by atoms with Gasteiger partial charge in [0.25, 0.3) is 5.91 Å². The van der Waals surface area contributed by atoms with Crippen LogP contribution in [0.1, 0.15) is 17.0 Å². The number of nitrogens with zero attached hydrogens (tertiary/aromatic N) is 1. The van der Waals surface area contributed by atoms with Gasteiger partial charge in [-0.15, -0.1) is 0 Å². The van der Waals surface area contributed by atoms with Gasteiger partial charge >= 0.3 is 0 Å². The Balaban J connectivity index is 1.70. The Morgan fingerprint density at radius 3 is 2.75 bits per heavy atom. The molecule has 3 rings (SSSR count). The minimum Gasteiger partial charge on any atom is -0.508 e. The number of aromatic hydroxyl groups is 1. The number of rotatable bonds is 4. The summed E-state index contributed by atoms with van der Waals surface area (Å²) in [6.45, 7) is 0.428. The topological polar surface area (TPSA) is 90.8 Å². The number of nitrogens with one attached hydrogen (secondary N) is 2. The zero-order valence-corrected chi connectivity index (χ0v) is 12.8. The largest absolute Gasteiger partial charge is 0.508 e. The number of hydrogen-bond donors (Lipinski definition) is 3. The van der Waals surface area contributed by atoms with E-state index in [2.05, 4.69) is 15.8 Å². The number of benzene rings is 2. The summed E-state index contributed by atoms with van der Waals surface area (Å²) in [6, 6.07) is 15.9. The minimum atomic E-state index is -0.811. The van der Waals surface area contributed by atoms with Crippen LogP contribution in [0.3, 0.4) is 0 Å². The summed E-state index contributed by atoms with van der Waals surface area (Å²) in [5, 5.41) is 16.0. The smallest absolute Gasteiger partial charge is 0.253 e. The van der Waals surface area contributed by atoms with Crippen molar-refractivity contribution in [3.05, 3.63) is 65.7 Å². The lowest BCUT2D eigenvalue weighted by molar-refractivity contribution is -0.133. The fraction of sp³-hybridized carbons (Fsp3) is 0.167. The van der Waals surface area contributed by atoms with E-state index in [0.29, 0.717) is 12.1 Å². The van der Waals surface area contributed by atoms with Crippen LogP contribution in [0.25, 0.3) is 0 Å². The molecule has 0 radical (unpaired) electrons. The van der Waals surface area contributed by atoms with Crippen LogP contribution in [0.4, 0.5) is 0 Å². The van der Waals surface area contributed by atoms with Crippen molar-refractivity contribution in [1.82, 2.24) is 10.7 Å². The average Bonchev–Trinajstić information content (AvgIpc) is 2.97. The number of phenols is 1. The second-order valence-electron chi connectivity index (χ2n) is 5.57. The highest BCUT2D eigenvalue weighted by Gasteiger charge is 2.40. The molecule has 0 spiro atoms. The molecular formula is C18H17N3O3. The molecule has 1 aliphatic rings. The van der Waals surface area contributed by atoms with Crippen LogP contribution >= 0.6 is 0 Å². The van der Waals surface area contributed by atoms with E-state index in [1.165, 1.54) is 12.3 Å². The van der Waals surface area contributed by atoms with Crippen molar-refractivity contribution in [2.24, 2.45) is 11.0 Å². The first-order chi connectivity index (χ1) is 11.6. The lowest BCUT2D eigenvalue weighted by Gasteiger charge is -2.15. The predicted octanol–water partition coefficient (Wildman–Crippen LogP) is 1.37. The molecule has 24 heavy (non-hydrogen) atoms. The lowest BCUT2D eigenvalue weighted by Crippen LogP contribution is -2.34. The molecule has 3 N–H and O–H groups in total. The Labute approximate surface area is 139 Å². The third-order valence-electron chi connectivity index (χ3n) is 3.95. The van der Waals surface area contributed by atoms with Gasteiger partial charge in [-0.1, -0.05) is 42.5 Å². The minimum absolute atomic E-state index is 0.115. The van der Waals surface area contributed by atoms with Crippen molar-refractivity contribution in [2.75, 3.05) is 6.54 Å². The summed E-state index contributed by atoms with van der Waals surface area (Å²) in [4.78, 5) is 24.4. The highest BCUT2D eigenvalue weighted by atomic mass is 16.3. The number of hydrazone groups is 1. The van der Waals surface area contributed by atoms with Gasteiger partial charge in [0.15, 0.2) is 0 Å². The van der Waals surface area contributed by atoms with Gasteiger partial charge in [0.2, 0.25) is 5.91 Å². The molecule has 1 fully saturated rings. The van der Waals surface area contributed by atoms with Gasteiger partial charge in [-0.05, 0) is 23.3 Å². The molecule has 2 aromatic carbocycles. The molecule has 1 heterocycles. The summed E-state index contributed by atoms with van der Waals surface area (Å²) >= 11 is 0. The second-order valence-corrected chi connectivity index (χ2v) is 5.57. The third kappa shape index (κ3) is 3.43. The van der Waals surface area contributed by atoms with E-state index in [1.54, 1.807) is 18.2 Å². The van der Waals surface area contributed by atoms with Gasteiger partial charge in [-0.3, -0.25) is 9.59 Å². The Bertz CT molecular complexity index is 774. The zero-order chi connectivity index (χ0) is 16.9. The molecule has 0 unspecified atom stereocenters. The van der Waals surface area contributed by atoms with Crippen LogP contribution in [0.2, 0.25) is 0 Å². The molecule has 0 aromatic heterocycles. The van der Waals surface area contributed by atoms with E-state index in [9.17, 15) is 14.7 Å². The molecule has 0 saturated carbocycles. The van der Waals surface area contributed by atoms with E-state index < -0.39 is 11.8 Å². The van der Waals surface area contributed by atoms with E-state index in [1.807, 2.05) is 30.3 Å². The van der Waals surface area contributed by atoms with Crippen molar-refractivity contribution in [1.29, 1.82) is 0 Å². The van der Waals surface area contributed by atoms with Crippen LogP contribution in [-0.4, -0.2) is 29.7 Å². The fourth-order valence-corrected chi connectivity index (χ4v) is 2.78. The molecule has 1 saturated heterocycles. The molecule has 6 heteroatoms. The number of carbonyl (C=O) groups excluding carboxylic acids is 2. The van der Waals surface area contributed by atoms with E-state index >= 15 is 0 Å². The molecule has 122 valence electrons. The predicted molar refractivity (Wildman–Crippen MR) is 89.5 cm³/mol. The molecule has 2 amide bonds. The highest BCUT2D eigenvalue weighted by Crippen LogP contribution is 2.28. The van der Waals surface area contributed by atoms with Gasteiger partial charge in [0, 0.05) is 12.5 Å². The van der Waals surface area contributed by atoms with Gasteiger partial charge in [-0.25, -0.2) is 5.43 Å². The molecule has 0 aliphatic carbocycles. The zero-order valence-electron chi connectivity index (χ0n) is 12.8. The molecular weight excluding hydrogens is 306 g/mol. The Morgan fingerprint density at radius 1 is 1.21 bits per heavy atom. The number of hydrogen-bond acceptors (Lipinski definition) is 4. The van der Waals surface area contributed by atoms with Crippen LogP contribution in [0.15, 0.2) is 59.7 Å². The van der Waals surface area contributed by atoms with Crippen LogP contribution in [0.5, 0.6) is 5.75 Å². The maximum absolute atomic E-state index is 12.4. The van der Waals surface area contributed by atoms with Gasteiger partial charge in [0.1, 0.15) is 11.7 Å². The summed E-state index contributed by atoms with van der Waals surface area (Å²) in [5.41, 5.74) is 3.99. The van der Waals surface area contributed by atoms with Crippen molar-refractivity contribution in [2.45, 2.75) is 5.92 Å². The Morgan fingerprint density at radius 2 is 2.00 bits per heavy atom. The van der Waals surface area contributed by atoms with Gasteiger partial charge in [0.05, 0.1) is 6.21 Å². The third-order valence-corrected chi connectivity index (χ3v) is 3.95. The molecule has 1 aliphatic heterocycles. The normalized spacial score (nSPS) is 20.1. The maximum atomic E-state index is 12.4. The Kier molecular flexibility index (Phi) is 4.56. The van der Waals surface area contributed by atoms with Crippen molar-refractivity contribution < 1.29 is 14.7 Å². The average molecular weight is 323 g/mol. The summed E-state index contributed by atoms with van der Waals surface area (Å²) < 4.78 is 0. The van der Waals surface area contributed by atoms with Crippen LogP contribution in [-0.2, 0) is 9.59 Å². The fourth-order valence-electron chi connectivity index (χ4n) is 2.78. The number of phenolic OH excluding ortho intramolecular Hbond substituents is 1. The molecule has 6 nitrogen and oxygen atoms in total. The molecule has 2 aromatic rings. The van der Waals surface area contributed by atoms with Gasteiger partial charge < -0.3 is 10.4 Å². The second kappa shape index (κ2) is 6.95. The number of amides is 2. The first kappa shape index (κ1) is 15.7. The summed E-state index contributed by atoms with van der Waals surface area (Å²) in [5.74, 6) is -1.66. The maximum Gasteiger partial charge on any atom is 0.253 e. The molecule has 0 bridgehead atoms. The summed E-state index contributed by atoms with van der Waals surface area (Å²) in [6.07, 6.45) is 1.42. The SMILES string of the molecule is O=C1NC[C@H](c2ccccc2)[C@@H]1C(=O)N/N=C/c1cccc(O)c1. The highest BCUT2D eigenvalue weighted by molar-refractivity contribution is 6.03. The first-order valence-electron chi connectivity index (χ1n) is 7.60. The molecule has 2 atom stereocenters. The van der Waals surface area contributed by atoms with E-state index in [-0.39, 0.29) is 17.6 Å². The van der Waals surface area contributed by atoms with Gasteiger partial charge in [-0.2, -0.15) is 5.10 Å². The monoisotopic (exact) mass is 323 g/mol. The number of carbonyl (C=O) groups is 2. The first-order valence-corrected chi connectivity index (χ1v) is 7.60. The van der Waals surface area contributed by atoms with Crippen molar-refractivity contribution >= 4 is 18.0 Å². The Hall–Kier alpha value is -3.15. The van der Waals surface area contributed by atoms with Crippen LogP contribution in [0, 0.1) is 5.92 Å². The lowest BCUT2D eigenvalue weighted by atomic mass is 9.88. The van der Waals surface area contributed by atoms with Crippen molar-refractivity contribution in [3.8, 4) is 5.75 Å². The van der Waals surface area contributed by atoms with Crippen molar-refractivity contribution in [3.63, 3.8) is 0 Å².